The molecule has 1 N–H and O–H groups in total. The van der Waals surface area contributed by atoms with Crippen LogP contribution in [-0.4, -0.2) is 27.8 Å². The van der Waals surface area contributed by atoms with Crippen molar-refractivity contribution in [1.29, 1.82) is 0 Å². The van der Waals surface area contributed by atoms with E-state index in [-0.39, 0.29) is 12.1 Å². The summed E-state index contributed by atoms with van der Waals surface area (Å²) in [4.78, 5) is 15.2. The third kappa shape index (κ3) is 4.07. The van der Waals surface area contributed by atoms with Crippen LogP contribution >= 0.6 is 11.3 Å². The maximum absolute atomic E-state index is 12.4. The van der Waals surface area contributed by atoms with Crippen LogP contribution in [0.2, 0.25) is 0 Å². The molecule has 21 heavy (non-hydrogen) atoms. The number of aryl methyl sites for hydroxylation is 1. The van der Waals surface area contributed by atoms with Crippen LogP contribution in [0.5, 0.6) is 0 Å². The van der Waals surface area contributed by atoms with Crippen molar-refractivity contribution < 1.29 is 4.79 Å². The molecule has 0 spiro atoms. The molecule has 1 atom stereocenters. The highest BCUT2D eigenvalue weighted by Crippen LogP contribution is 2.25. The average Bonchev–Trinajstić information content (AvgIpc) is 3.07. The lowest BCUT2D eigenvalue weighted by atomic mass is 10.0. The van der Waals surface area contributed by atoms with E-state index in [0.29, 0.717) is 12.5 Å². The minimum atomic E-state index is -0.0639. The van der Waals surface area contributed by atoms with E-state index in [0.717, 1.165) is 5.56 Å². The smallest absolute Gasteiger partial charge is 0.317 e. The molecule has 114 valence electrons. The van der Waals surface area contributed by atoms with Gasteiger partial charge in [0.15, 0.2) is 0 Å². The first-order chi connectivity index (χ1) is 9.97. The van der Waals surface area contributed by atoms with Gasteiger partial charge in [0.2, 0.25) is 0 Å². The summed E-state index contributed by atoms with van der Waals surface area (Å²) in [7, 11) is 3.67. The van der Waals surface area contributed by atoms with Gasteiger partial charge in [-0.1, -0.05) is 19.9 Å². The maximum Gasteiger partial charge on any atom is 0.317 e. The first-order valence-corrected chi connectivity index (χ1v) is 7.88. The van der Waals surface area contributed by atoms with Crippen molar-refractivity contribution in [2.24, 2.45) is 13.0 Å². The van der Waals surface area contributed by atoms with Gasteiger partial charge in [0, 0.05) is 30.7 Å². The van der Waals surface area contributed by atoms with Gasteiger partial charge in [-0.2, -0.15) is 5.10 Å². The van der Waals surface area contributed by atoms with Crippen molar-refractivity contribution in [2.75, 3.05) is 7.05 Å². The van der Waals surface area contributed by atoms with E-state index in [1.807, 2.05) is 24.7 Å². The van der Waals surface area contributed by atoms with Gasteiger partial charge in [0.1, 0.15) is 0 Å². The zero-order chi connectivity index (χ0) is 15.4. The molecule has 0 aliphatic rings. The molecule has 0 aliphatic carbocycles. The molecule has 2 heterocycles. The zero-order valence-electron chi connectivity index (χ0n) is 12.9. The number of nitrogens with one attached hydrogen (secondary N) is 1. The van der Waals surface area contributed by atoms with Crippen LogP contribution < -0.4 is 5.32 Å². The molecule has 6 heteroatoms. The Morgan fingerprint density at radius 2 is 2.29 bits per heavy atom. The minimum Gasteiger partial charge on any atom is -0.330 e. The molecule has 2 rings (SSSR count). The van der Waals surface area contributed by atoms with E-state index in [2.05, 4.69) is 30.3 Å². The normalized spacial score (nSPS) is 12.4. The highest BCUT2D eigenvalue weighted by atomic mass is 32.1. The van der Waals surface area contributed by atoms with Crippen LogP contribution in [-0.2, 0) is 13.6 Å². The molecule has 2 aromatic rings. The molecular formula is C15H22N4OS. The van der Waals surface area contributed by atoms with Gasteiger partial charge in [-0.25, -0.2) is 4.79 Å². The van der Waals surface area contributed by atoms with Crippen LogP contribution in [0.1, 0.15) is 30.3 Å². The Balaban J connectivity index is 1.98. The summed E-state index contributed by atoms with van der Waals surface area (Å²) in [6.07, 6.45) is 3.70. The average molecular weight is 306 g/mol. The molecule has 2 amide bonds. The molecule has 0 radical (unpaired) electrons. The number of nitrogens with zero attached hydrogens (tertiary/aromatic N) is 3. The van der Waals surface area contributed by atoms with Gasteiger partial charge < -0.3 is 10.2 Å². The summed E-state index contributed by atoms with van der Waals surface area (Å²) in [5.74, 6) is 0.347. The van der Waals surface area contributed by atoms with Crippen molar-refractivity contribution in [3.8, 4) is 0 Å². The first kappa shape index (κ1) is 15.6. The summed E-state index contributed by atoms with van der Waals surface area (Å²) in [6, 6.07) is 4.07. The fraction of sp³-hybridized carbons (Fsp3) is 0.467. The van der Waals surface area contributed by atoms with E-state index in [1.54, 1.807) is 34.2 Å². The van der Waals surface area contributed by atoms with Crippen LogP contribution in [0.4, 0.5) is 4.79 Å². The molecule has 0 fully saturated rings. The van der Waals surface area contributed by atoms with Crippen LogP contribution in [0.25, 0.3) is 0 Å². The standard InChI is InChI=1S/C15H22N4OS/c1-11(2)14(13-6-5-7-21-13)17-15(20)18(3)9-12-8-16-19(4)10-12/h5-8,10-11,14H,9H2,1-4H3,(H,17,20)/t14-/m1/s1. The SMILES string of the molecule is CC(C)[C@@H](NC(=O)N(C)Cc1cnn(C)c1)c1cccs1. The van der Waals surface area contributed by atoms with E-state index >= 15 is 0 Å². The van der Waals surface area contributed by atoms with Crippen LogP contribution in [0.15, 0.2) is 29.9 Å². The fourth-order valence-corrected chi connectivity index (χ4v) is 3.13. The quantitative estimate of drug-likeness (QED) is 0.923. The van der Waals surface area contributed by atoms with Crippen LogP contribution in [0, 0.1) is 5.92 Å². The van der Waals surface area contributed by atoms with Gasteiger partial charge in [-0.3, -0.25) is 4.68 Å². The predicted octanol–water partition coefficient (Wildman–Crippen LogP) is 3.02. The number of hydrogen-bond acceptors (Lipinski definition) is 3. The van der Waals surface area contributed by atoms with Crippen molar-refractivity contribution in [3.05, 3.63) is 40.3 Å². The lowest BCUT2D eigenvalue weighted by molar-refractivity contribution is 0.199. The van der Waals surface area contributed by atoms with Gasteiger partial charge in [-0.05, 0) is 17.4 Å². The Kier molecular flexibility index (Phi) is 5.01. The molecule has 5 nitrogen and oxygen atoms in total. The minimum absolute atomic E-state index is 0.0499. The number of carbonyl (C=O) groups is 1. The molecule has 2 aromatic heterocycles. The Hall–Kier alpha value is -1.82. The van der Waals surface area contributed by atoms with E-state index in [1.165, 1.54) is 4.88 Å². The Labute approximate surface area is 129 Å². The Bertz CT molecular complexity index is 576. The van der Waals surface area contributed by atoms with E-state index in [9.17, 15) is 4.79 Å². The molecule has 0 unspecified atom stereocenters. The second-order valence-electron chi connectivity index (χ2n) is 5.56. The lowest BCUT2D eigenvalue weighted by Gasteiger charge is -2.25. The molecule has 0 saturated carbocycles. The Morgan fingerprint density at radius 3 is 2.81 bits per heavy atom. The second kappa shape index (κ2) is 6.76. The van der Waals surface area contributed by atoms with Crippen molar-refractivity contribution in [3.63, 3.8) is 0 Å². The van der Waals surface area contributed by atoms with Crippen LogP contribution in [0.3, 0.4) is 0 Å². The largest absolute Gasteiger partial charge is 0.330 e. The van der Waals surface area contributed by atoms with Gasteiger partial charge in [-0.15, -0.1) is 11.3 Å². The van der Waals surface area contributed by atoms with E-state index < -0.39 is 0 Å². The summed E-state index contributed by atoms with van der Waals surface area (Å²) in [6.45, 7) is 4.78. The molecule has 0 aliphatic heterocycles. The first-order valence-electron chi connectivity index (χ1n) is 7.00. The van der Waals surface area contributed by atoms with Gasteiger partial charge >= 0.3 is 6.03 Å². The molecular weight excluding hydrogens is 284 g/mol. The topological polar surface area (TPSA) is 50.2 Å². The third-order valence-electron chi connectivity index (χ3n) is 3.32. The zero-order valence-corrected chi connectivity index (χ0v) is 13.7. The van der Waals surface area contributed by atoms with Gasteiger partial charge in [0.05, 0.1) is 18.8 Å². The highest BCUT2D eigenvalue weighted by Gasteiger charge is 2.21. The van der Waals surface area contributed by atoms with Gasteiger partial charge in [0.25, 0.3) is 0 Å². The predicted molar refractivity (Wildman–Crippen MR) is 85.1 cm³/mol. The number of amides is 2. The maximum atomic E-state index is 12.4. The summed E-state index contributed by atoms with van der Waals surface area (Å²) in [5, 5.41) is 9.27. The molecule has 0 bridgehead atoms. The van der Waals surface area contributed by atoms with Crippen molar-refractivity contribution in [2.45, 2.75) is 26.4 Å². The lowest BCUT2D eigenvalue weighted by Crippen LogP contribution is -2.40. The monoisotopic (exact) mass is 306 g/mol. The van der Waals surface area contributed by atoms with E-state index in [4.69, 9.17) is 0 Å². The molecule has 0 aromatic carbocycles. The summed E-state index contributed by atoms with van der Waals surface area (Å²) >= 11 is 1.67. The Morgan fingerprint density at radius 1 is 1.52 bits per heavy atom. The number of rotatable bonds is 5. The number of thiophene rings is 1. The molecule has 0 saturated heterocycles. The third-order valence-corrected chi connectivity index (χ3v) is 4.28. The second-order valence-corrected chi connectivity index (χ2v) is 6.54. The number of urea groups is 1. The van der Waals surface area contributed by atoms with Crippen molar-refractivity contribution >= 4 is 17.4 Å². The summed E-state index contributed by atoms with van der Waals surface area (Å²) in [5.41, 5.74) is 1.02. The number of carbonyl (C=O) groups excluding carboxylic acids is 1. The summed E-state index contributed by atoms with van der Waals surface area (Å²) < 4.78 is 1.74. The number of hydrogen-bond donors (Lipinski definition) is 1. The highest BCUT2D eigenvalue weighted by molar-refractivity contribution is 7.10. The number of aromatic nitrogens is 2. The van der Waals surface area contributed by atoms with Crippen molar-refractivity contribution in [1.82, 2.24) is 20.0 Å². The fourth-order valence-electron chi connectivity index (χ4n) is 2.18.